The molecule has 3 aromatic rings. The highest BCUT2D eigenvalue weighted by Crippen LogP contribution is 2.33. The van der Waals surface area contributed by atoms with E-state index in [0.29, 0.717) is 17.3 Å². The van der Waals surface area contributed by atoms with Crippen LogP contribution in [0.5, 0.6) is 0 Å². The number of aryl methyl sites for hydroxylation is 2. The van der Waals surface area contributed by atoms with Gasteiger partial charge in [0.05, 0.1) is 22.6 Å². The van der Waals surface area contributed by atoms with Crippen LogP contribution in [0.4, 0.5) is 5.69 Å². The van der Waals surface area contributed by atoms with Crippen LogP contribution in [-0.2, 0) is 23.4 Å². The second-order valence-electron chi connectivity index (χ2n) is 6.42. The molecule has 0 aliphatic heterocycles. The fourth-order valence-electron chi connectivity index (χ4n) is 3.27. The lowest BCUT2D eigenvalue weighted by Gasteiger charge is -2.09. The maximum Gasteiger partial charge on any atom is 0.259 e. The molecule has 1 aliphatic carbocycles. The molecule has 0 fully saturated rings. The minimum atomic E-state index is -0.0816. The van der Waals surface area contributed by atoms with Crippen LogP contribution in [0.25, 0.3) is 10.2 Å². The predicted molar refractivity (Wildman–Crippen MR) is 116 cm³/mol. The van der Waals surface area contributed by atoms with Crippen LogP contribution in [0.15, 0.2) is 33.5 Å². The molecule has 2 N–H and O–H groups in total. The molecule has 2 aromatic heterocycles. The Kier molecular flexibility index (Phi) is 5.66. The molecule has 0 radical (unpaired) electrons. The average Bonchev–Trinajstić information content (AvgIpc) is 3.02. The van der Waals surface area contributed by atoms with E-state index < -0.39 is 0 Å². The number of para-hydroxylation sites is 1. The molecule has 8 heteroatoms. The number of H-pyrrole nitrogens is 1. The van der Waals surface area contributed by atoms with E-state index in [2.05, 4.69) is 31.2 Å². The summed E-state index contributed by atoms with van der Waals surface area (Å²) >= 11 is 6.50. The summed E-state index contributed by atoms with van der Waals surface area (Å²) in [5.41, 5.74) is 1.90. The van der Waals surface area contributed by atoms with E-state index in [1.165, 1.54) is 28.6 Å². The molecule has 4 rings (SSSR count). The number of benzene rings is 1. The number of amides is 1. The van der Waals surface area contributed by atoms with Crippen molar-refractivity contribution in [1.82, 2.24) is 9.97 Å². The van der Waals surface area contributed by atoms with Crippen molar-refractivity contribution in [3.05, 3.63) is 55.4 Å². The summed E-state index contributed by atoms with van der Waals surface area (Å²) in [6.45, 7) is 0. The van der Waals surface area contributed by atoms with Crippen molar-refractivity contribution < 1.29 is 4.79 Å². The van der Waals surface area contributed by atoms with Crippen LogP contribution in [-0.4, -0.2) is 21.6 Å². The van der Waals surface area contributed by atoms with Gasteiger partial charge in [-0.15, -0.1) is 23.1 Å². The standard InChI is InChI=1S/C19H18BrN3O2S2/c20-12-6-2-3-7-13(12)21-16(24)10-26-9-15-22-18(25)17-11-5-1-4-8-14(11)27-19(17)23-15/h2-3,6-7H,1,4-5,8-10H2,(H,21,24)(H,22,23,25). The second-order valence-corrected chi connectivity index (χ2v) is 9.35. The van der Waals surface area contributed by atoms with Gasteiger partial charge in [0, 0.05) is 9.35 Å². The minimum Gasteiger partial charge on any atom is -0.324 e. The number of nitrogens with one attached hydrogen (secondary N) is 2. The number of hydrogen-bond acceptors (Lipinski definition) is 5. The topological polar surface area (TPSA) is 74.8 Å². The van der Waals surface area contributed by atoms with Crippen molar-refractivity contribution in [2.24, 2.45) is 0 Å². The summed E-state index contributed by atoms with van der Waals surface area (Å²) in [7, 11) is 0. The lowest BCUT2D eigenvalue weighted by Crippen LogP contribution is -2.15. The molecule has 2 heterocycles. The number of aromatic nitrogens is 2. The van der Waals surface area contributed by atoms with Gasteiger partial charge in [0.15, 0.2) is 0 Å². The number of rotatable bonds is 5. The number of nitrogens with zero attached hydrogens (tertiary/aromatic N) is 1. The molecule has 1 aromatic carbocycles. The van der Waals surface area contributed by atoms with Crippen molar-refractivity contribution in [2.75, 3.05) is 11.1 Å². The lowest BCUT2D eigenvalue weighted by atomic mass is 9.97. The fourth-order valence-corrected chi connectivity index (χ4v) is 5.62. The van der Waals surface area contributed by atoms with E-state index in [1.54, 1.807) is 11.3 Å². The largest absolute Gasteiger partial charge is 0.324 e. The summed E-state index contributed by atoms with van der Waals surface area (Å²) in [5.74, 6) is 1.34. The second kappa shape index (κ2) is 8.16. The number of thioether (sulfide) groups is 1. The molecular weight excluding hydrogens is 446 g/mol. The molecule has 0 spiro atoms. The number of anilines is 1. The number of carbonyl (C=O) groups is 1. The molecule has 0 saturated carbocycles. The Morgan fingerprint density at radius 2 is 2.11 bits per heavy atom. The zero-order chi connectivity index (χ0) is 18.8. The Hall–Kier alpha value is -1.64. The molecular formula is C19H18BrN3O2S2. The van der Waals surface area contributed by atoms with E-state index in [4.69, 9.17) is 0 Å². The normalized spacial score (nSPS) is 13.5. The van der Waals surface area contributed by atoms with Crippen LogP contribution < -0.4 is 10.9 Å². The molecule has 27 heavy (non-hydrogen) atoms. The van der Waals surface area contributed by atoms with Gasteiger partial charge in [0.2, 0.25) is 5.91 Å². The van der Waals surface area contributed by atoms with Crippen molar-refractivity contribution in [3.8, 4) is 0 Å². The van der Waals surface area contributed by atoms with Crippen molar-refractivity contribution in [3.63, 3.8) is 0 Å². The SMILES string of the molecule is O=C(CSCc1nc2sc3c(c2c(=O)[nH]1)CCCC3)Nc1ccccc1Br. The van der Waals surface area contributed by atoms with Gasteiger partial charge in [-0.25, -0.2) is 4.98 Å². The molecule has 5 nitrogen and oxygen atoms in total. The van der Waals surface area contributed by atoms with Crippen LogP contribution in [0, 0.1) is 0 Å². The highest BCUT2D eigenvalue weighted by Gasteiger charge is 2.19. The quantitative estimate of drug-likeness (QED) is 0.583. The molecule has 140 valence electrons. The van der Waals surface area contributed by atoms with Gasteiger partial charge in [0.1, 0.15) is 10.7 Å². The number of fused-ring (bicyclic) bond motifs is 3. The summed E-state index contributed by atoms with van der Waals surface area (Å²) in [6.07, 6.45) is 4.36. The van der Waals surface area contributed by atoms with Crippen molar-refractivity contribution in [2.45, 2.75) is 31.4 Å². The first-order chi connectivity index (χ1) is 13.1. The van der Waals surface area contributed by atoms with Crippen LogP contribution in [0.1, 0.15) is 29.1 Å². The maximum absolute atomic E-state index is 12.5. The zero-order valence-corrected chi connectivity index (χ0v) is 17.7. The Morgan fingerprint density at radius 3 is 2.96 bits per heavy atom. The van der Waals surface area contributed by atoms with E-state index in [-0.39, 0.29) is 11.5 Å². The van der Waals surface area contributed by atoms with Gasteiger partial charge >= 0.3 is 0 Å². The summed E-state index contributed by atoms with van der Waals surface area (Å²) in [5, 5.41) is 3.65. The molecule has 1 amide bonds. The summed E-state index contributed by atoms with van der Waals surface area (Å²) < 4.78 is 0.849. The first-order valence-electron chi connectivity index (χ1n) is 8.77. The maximum atomic E-state index is 12.5. The predicted octanol–water partition coefficient (Wildman–Crippen LogP) is 4.50. The average molecular weight is 464 g/mol. The third-order valence-electron chi connectivity index (χ3n) is 4.49. The molecule has 0 bridgehead atoms. The molecule has 1 aliphatic rings. The minimum absolute atomic E-state index is 0.0485. The van der Waals surface area contributed by atoms with E-state index in [0.717, 1.165) is 39.6 Å². The van der Waals surface area contributed by atoms with E-state index in [1.807, 2.05) is 24.3 Å². The highest BCUT2D eigenvalue weighted by molar-refractivity contribution is 9.10. The van der Waals surface area contributed by atoms with Crippen molar-refractivity contribution >= 4 is 60.8 Å². The van der Waals surface area contributed by atoms with Gasteiger partial charge in [-0.1, -0.05) is 12.1 Å². The Labute approximate surface area is 173 Å². The summed E-state index contributed by atoms with van der Waals surface area (Å²) in [6, 6.07) is 7.50. The van der Waals surface area contributed by atoms with Crippen LogP contribution in [0.3, 0.4) is 0 Å². The lowest BCUT2D eigenvalue weighted by molar-refractivity contribution is -0.113. The number of aromatic amines is 1. The van der Waals surface area contributed by atoms with Gasteiger partial charge < -0.3 is 10.3 Å². The molecule has 0 unspecified atom stereocenters. The number of carbonyl (C=O) groups excluding carboxylic acids is 1. The molecule has 0 atom stereocenters. The van der Waals surface area contributed by atoms with Gasteiger partial charge in [0.25, 0.3) is 5.56 Å². The highest BCUT2D eigenvalue weighted by atomic mass is 79.9. The Morgan fingerprint density at radius 1 is 1.30 bits per heavy atom. The van der Waals surface area contributed by atoms with E-state index >= 15 is 0 Å². The third-order valence-corrected chi connectivity index (χ3v) is 7.32. The zero-order valence-electron chi connectivity index (χ0n) is 14.5. The van der Waals surface area contributed by atoms with Crippen LogP contribution >= 0.6 is 39.0 Å². The van der Waals surface area contributed by atoms with Gasteiger partial charge in [-0.3, -0.25) is 9.59 Å². The smallest absolute Gasteiger partial charge is 0.259 e. The van der Waals surface area contributed by atoms with Crippen molar-refractivity contribution in [1.29, 1.82) is 0 Å². The fraction of sp³-hybridized carbons (Fsp3) is 0.316. The first kappa shape index (κ1) is 18.7. The number of halogens is 1. The Balaban J connectivity index is 1.41. The first-order valence-corrected chi connectivity index (χ1v) is 11.5. The van der Waals surface area contributed by atoms with Gasteiger partial charge in [-0.05, 0) is 59.3 Å². The van der Waals surface area contributed by atoms with Gasteiger partial charge in [-0.2, -0.15) is 0 Å². The summed E-state index contributed by atoms with van der Waals surface area (Å²) in [4.78, 5) is 34.3. The van der Waals surface area contributed by atoms with E-state index in [9.17, 15) is 9.59 Å². The number of hydrogen-bond donors (Lipinski definition) is 2. The monoisotopic (exact) mass is 463 g/mol. The van der Waals surface area contributed by atoms with Crippen LogP contribution in [0.2, 0.25) is 0 Å². The third kappa shape index (κ3) is 4.12. The molecule has 0 saturated heterocycles. The Bertz CT molecular complexity index is 1060. The number of thiophene rings is 1.